The largest absolute Gasteiger partial charge is 0.339 e. The number of rotatable bonds is 6. The van der Waals surface area contributed by atoms with E-state index in [1.165, 1.54) is 6.42 Å². The number of piperazine rings is 1. The van der Waals surface area contributed by atoms with E-state index in [1.54, 1.807) is 0 Å². The average Bonchev–Trinajstić information content (AvgIpc) is 2.43. The molecule has 112 valence electrons. The fraction of sp³-hybridized carbons (Fsp3) is 0.933. The zero-order valence-corrected chi connectivity index (χ0v) is 13.1. The lowest BCUT2D eigenvalue weighted by atomic mass is 9.98. The molecule has 0 spiro atoms. The van der Waals surface area contributed by atoms with Crippen LogP contribution in [0.1, 0.15) is 40.5 Å². The zero-order valence-electron chi connectivity index (χ0n) is 13.1. The van der Waals surface area contributed by atoms with Gasteiger partial charge in [-0.15, -0.1) is 0 Å². The van der Waals surface area contributed by atoms with Crippen LogP contribution >= 0.6 is 0 Å². The van der Waals surface area contributed by atoms with Crippen molar-refractivity contribution in [3.05, 3.63) is 0 Å². The summed E-state index contributed by atoms with van der Waals surface area (Å²) in [5.74, 6) is 1.16. The molecule has 0 aliphatic carbocycles. The van der Waals surface area contributed by atoms with Crippen LogP contribution in [-0.4, -0.2) is 54.5 Å². The van der Waals surface area contributed by atoms with Crippen LogP contribution in [0.4, 0.5) is 0 Å². The number of amides is 1. The molecule has 0 saturated carbocycles. The van der Waals surface area contributed by atoms with Crippen molar-refractivity contribution in [1.82, 2.24) is 9.80 Å². The Morgan fingerprint density at radius 3 is 2.21 bits per heavy atom. The lowest BCUT2D eigenvalue weighted by Gasteiger charge is -2.36. The summed E-state index contributed by atoms with van der Waals surface area (Å²) in [7, 11) is 0. The van der Waals surface area contributed by atoms with Crippen LogP contribution in [0.3, 0.4) is 0 Å². The second-order valence-corrected chi connectivity index (χ2v) is 6.26. The number of carbonyl (C=O) groups excluding carboxylic acids is 1. The number of nitrogens with zero attached hydrogens (tertiary/aromatic N) is 2. The number of nitrogens with two attached hydrogens (primary N) is 1. The molecule has 0 bridgehead atoms. The van der Waals surface area contributed by atoms with E-state index in [9.17, 15) is 4.79 Å². The highest BCUT2D eigenvalue weighted by Crippen LogP contribution is 2.11. The van der Waals surface area contributed by atoms with Crippen LogP contribution in [0.15, 0.2) is 0 Å². The second-order valence-electron chi connectivity index (χ2n) is 6.26. The van der Waals surface area contributed by atoms with Crippen molar-refractivity contribution < 1.29 is 4.79 Å². The first-order chi connectivity index (χ1) is 8.95. The van der Waals surface area contributed by atoms with Gasteiger partial charge in [0.15, 0.2) is 0 Å². The minimum absolute atomic E-state index is 0.137. The van der Waals surface area contributed by atoms with Gasteiger partial charge in [-0.25, -0.2) is 0 Å². The van der Waals surface area contributed by atoms with Gasteiger partial charge in [-0.1, -0.05) is 34.1 Å². The van der Waals surface area contributed by atoms with Gasteiger partial charge in [0.2, 0.25) is 5.91 Å². The third-order valence-corrected chi connectivity index (χ3v) is 4.25. The lowest BCUT2D eigenvalue weighted by Crippen LogP contribution is -2.54. The lowest BCUT2D eigenvalue weighted by molar-refractivity contribution is -0.135. The summed E-state index contributed by atoms with van der Waals surface area (Å²) in [6.07, 6.45) is 2.20. The molecule has 1 saturated heterocycles. The van der Waals surface area contributed by atoms with Crippen molar-refractivity contribution in [3.8, 4) is 0 Å². The Morgan fingerprint density at radius 1 is 1.16 bits per heavy atom. The van der Waals surface area contributed by atoms with Gasteiger partial charge in [0.1, 0.15) is 0 Å². The number of carbonyl (C=O) groups is 1. The van der Waals surface area contributed by atoms with Crippen LogP contribution in [0.25, 0.3) is 0 Å². The Bertz CT molecular complexity index is 273. The Balaban J connectivity index is 2.35. The summed E-state index contributed by atoms with van der Waals surface area (Å²) >= 11 is 0. The molecule has 2 atom stereocenters. The molecule has 2 N–H and O–H groups in total. The first kappa shape index (κ1) is 16.4. The summed E-state index contributed by atoms with van der Waals surface area (Å²) in [4.78, 5) is 16.7. The summed E-state index contributed by atoms with van der Waals surface area (Å²) in [6.45, 7) is 13.5. The molecule has 0 aromatic rings. The van der Waals surface area contributed by atoms with Crippen LogP contribution in [-0.2, 0) is 4.79 Å². The van der Waals surface area contributed by atoms with E-state index in [1.807, 2.05) is 4.90 Å². The molecule has 0 aromatic heterocycles. The minimum atomic E-state index is -0.327. The summed E-state index contributed by atoms with van der Waals surface area (Å²) in [6, 6.07) is -0.327. The van der Waals surface area contributed by atoms with E-state index in [0.29, 0.717) is 0 Å². The van der Waals surface area contributed by atoms with Gasteiger partial charge in [-0.05, 0) is 24.8 Å². The molecular formula is C15H31N3O. The van der Waals surface area contributed by atoms with Crippen molar-refractivity contribution in [1.29, 1.82) is 0 Å². The SMILES string of the molecule is CCC(C)C(N)C(=O)N1CCN(CCC(C)C)CC1. The zero-order chi connectivity index (χ0) is 14.4. The summed E-state index contributed by atoms with van der Waals surface area (Å²) in [5.41, 5.74) is 6.03. The van der Waals surface area contributed by atoms with Crippen LogP contribution in [0.5, 0.6) is 0 Å². The molecule has 0 aromatic carbocycles. The predicted octanol–water partition coefficient (Wildman–Crippen LogP) is 1.55. The molecule has 1 heterocycles. The molecule has 0 radical (unpaired) electrons. The van der Waals surface area contributed by atoms with E-state index in [0.717, 1.165) is 45.1 Å². The van der Waals surface area contributed by atoms with E-state index in [2.05, 4.69) is 32.6 Å². The number of hydrogen-bond acceptors (Lipinski definition) is 3. The Kier molecular flexibility index (Phi) is 6.80. The Morgan fingerprint density at radius 2 is 1.74 bits per heavy atom. The highest BCUT2D eigenvalue weighted by Gasteiger charge is 2.27. The maximum Gasteiger partial charge on any atom is 0.239 e. The highest BCUT2D eigenvalue weighted by atomic mass is 16.2. The third kappa shape index (κ3) is 5.11. The molecule has 4 heteroatoms. The molecule has 1 rings (SSSR count). The monoisotopic (exact) mass is 269 g/mol. The molecule has 1 amide bonds. The topological polar surface area (TPSA) is 49.6 Å². The Labute approximate surface area is 118 Å². The van der Waals surface area contributed by atoms with Crippen LogP contribution in [0.2, 0.25) is 0 Å². The van der Waals surface area contributed by atoms with Crippen molar-refractivity contribution in [2.75, 3.05) is 32.7 Å². The molecule has 1 aliphatic heterocycles. The second kappa shape index (κ2) is 7.85. The molecular weight excluding hydrogens is 238 g/mol. The van der Waals surface area contributed by atoms with Gasteiger partial charge in [-0.3, -0.25) is 9.69 Å². The molecule has 4 nitrogen and oxygen atoms in total. The average molecular weight is 269 g/mol. The van der Waals surface area contributed by atoms with E-state index < -0.39 is 0 Å². The van der Waals surface area contributed by atoms with Gasteiger partial charge in [0, 0.05) is 26.2 Å². The summed E-state index contributed by atoms with van der Waals surface area (Å²) < 4.78 is 0. The van der Waals surface area contributed by atoms with Crippen LogP contribution < -0.4 is 5.73 Å². The first-order valence-corrected chi connectivity index (χ1v) is 7.72. The molecule has 1 aliphatic rings. The maximum atomic E-state index is 12.3. The van der Waals surface area contributed by atoms with E-state index in [-0.39, 0.29) is 17.9 Å². The van der Waals surface area contributed by atoms with Crippen LogP contribution in [0, 0.1) is 11.8 Å². The van der Waals surface area contributed by atoms with E-state index in [4.69, 9.17) is 5.73 Å². The molecule has 2 unspecified atom stereocenters. The van der Waals surface area contributed by atoms with Crippen molar-refractivity contribution >= 4 is 5.91 Å². The van der Waals surface area contributed by atoms with Gasteiger partial charge in [-0.2, -0.15) is 0 Å². The maximum absolute atomic E-state index is 12.3. The van der Waals surface area contributed by atoms with Crippen molar-refractivity contribution in [3.63, 3.8) is 0 Å². The standard InChI is InChI=1S/C15H31N3O/c1-5-13(4)14(16)15(19)18-10-8-17(9-11-18)7-6-12(2)3/h12-14H,5-11,16H2,1-4H3. The van der Waals surface area contributed by atoms with Gasteiger partial charge in [0.05, 0.1) is 6.04 Å². The van der Waals surface area contributed by atoms with E-state index >= 15 is 0 Å². The predicted molar refractivity (Wildman–Crippen MR) is 79.9 cm³/mol. The quantitative estimate of drug-likeness (QED) is 0.796. The smallest absolute Gasteiger partial charge is 0.239 e. The third-order valence-electron chi connectivity index (χ3n) is 4.25. The fourth-order valence-corrected chi connectivity index (χ4v) is 2.34. The van der Waals surface area contributed by atoms with Crippen molar-refractivity contribution in [2.24, 2.45) is 17.6 Å². The molecule has 19 heavy (non-hydrogen) atoms. The normalized spacial score (nSPS) is 20.6. The number of hydrogen-bond donors (Lipinski definition) is 1. The van der Waals surface area contributed by atoms with Gasteiger partial charge >= 0.3 is 0 Å². The van der Waals surface area contributed by atoms with Crippen molar-refractivity contribution in [2.45, 2.75) is 46.6 Å². The summed E-state index contributed by atoms with van der Waals surface area (Å²) in [5, 5.41) is 0. The Hall–Kier alpha value is -0.610. The first-order valence-electron chi connectivity index (χ1n) is 7.72. The van der Waals surface area contributed by atoms with Gasteiger partial charge < -0.3 is 10.6 Å². The molecule has 1 fully saturated rings. The minimum Gasteiger partial charge on any atom is -0.339 e. The van der Waals surface area contributed by atoms with Gasteiger partial charge in [0.25, 0.3) is 0 Å². The fourth-order valence-electron chi connectivity index (χ4n) is 2.34. The highest BCUT2D eigenvalue weighted by molar-refractivity contribution is 5.82.